The number of rotatable bonds is 2. The maximum Gasteiger partial charge on any atom is 0.320 e. The van der Waals surface area contributed by atoms with Gasteiger partial charge in [0.2, 0.25) is 5.91 Å². The number of hydrogen-bond acceptors (Lipinski definition) is 3. The lowest BCUT2D eigenvalue weighted by Crippen LogP contribution is -2.62. The van der Waals surface area contributed by atoms with Gasteiger partial charge in [0, 0.05) is 45.2 Å². The van der Waals surface area contributed by atoms with E-state index in [2.05, 4.69) is 0 Å². The first-order valence-corrected chi connectivity index (χ1v) is 10.1. The van der Waals surface area contributed by atoms with Crippen molar-refractivity contribution in [2.45, 2.75) is 37.7 Å². The fourth-order valence-corrected chi connectivity index (χ4v) is 4.69. The lowest BCUT2D eigenvalue weighted by Gasteiger charge is -2.50. The number of likely N-dealkylation sites (tertiary alicyclic amines) is 3. The number of carbonyl (C=O) groups excluding carboxylic acids is 2. The number of amides is 3. The maximum atomic E-state index is 12.7. The minimum absolute atomic E-state index is 0.0636. The third-order valence-corrected chi connectivity index (χ3v) is 6.47. The van der Waals surface area contributed by atoms with Crippen LogP contribution in [0.5, 0.6) is 0 Å². The first kappa shape index (κ1) is 18.3. The van der Waals surface area contributed by atoms with Crippen LogP contribution in [-0.2, 0) is 11.2 Å². The minimum atomic E-state index is -0.745. The standard InChI is InChI=1S/C21H29N3O3/c25-19(14-17-6-2-1-3-7-17)23-12-8-21(27)9-13-24(16-18(21)15-23)20(26)22-10-4-5-11-22/h1-3,6-7,18,27H,4-5,8-16H2/t18-,21-/m0/s1. The molecule has 146 valence electrons. The summed E-state index contributed by atoms with van der Waals surface area (Å²) in [7, 11) is 0. The molecule has 0 radical (unpaired) electrons. The largest absolute Gasteiger partial charge is 0.389 e. The summed E-state index contributed by atoms with van der Waals surface area (Å²) in [4.78, 5) is 31.1. The monoisotopic (exact) mass is 371 g/mol. The Kier molecular flexibility index (Phi) is 5.08. The second-order valence-corrected chi connectivity index (χ2v) is 8.23. The van der Waals surface area contributed by atoms with E-state index in [1.807, 2.05) is 45.0 Å². The summed E-state index contributed by atoms with van der Waals surface area (Å²) in [5.74, 6) is 0.0394. The molecule has 0 aliphatic carbocycles. The van der Waals surface area contributed by atoms with Crippen LogP contribution in [0.1, 0.15) is 31.2 Å². The van der Waals surface area contributed by atoms with Gasteiger partial charge in [-0.2, -0.15) is 0 Å². The smallest absolute Gasteiger partial charge is 0.320 e. The number of aliphatic hydroxyl groups is 1. The van der Waals surface area contributed by atoms with Gasteiger partial charge in [-0.3, -0.25) is 4.79 Å². The molecule has 2 atom stereocenters. The molecule has 3 heterocycles. The van der Waals surface area contributed by atoms with Crippen LogP contribution in [0.25, 0.3) is 0 Å². The average Bonchev–Trinajstić information content (AvgIpc) is 3.22. The Hall–Kier alpha value is -2.08. The van der Waals surface area contributed by atoms with Gasteiger partial charge in [0.1, 0.15) is 0 Å². The predicted octanol–water partition coefficient (Wildman–Crippen LogP) is 1.73. The molecular formula is C21H29N3O3. The van der Waals surface area contributed by atoms with Gasteiger partial charge >= 0.3 is 6.03 Å². The summed E-state index contributed by atoms with van der Waals surface area (Å²) in [5.41, 5.74) is 0.267. The average molecular weight is 371 g/mol. The Morgan fingerprint density at radius 3 is 2.26 bits per heavy atom. The van der Waals surface area contributed by atoms with Crippen LogP contribution < -0.4 is 0 Å². The molecule has 3 aliphatic heterocycles. The molecule has 0 spiro atoms. The van der Waals surface area contributed by atoms with Crippen LogP contribution in [0.15, 0.2) is 30.3 Å². The third kappa shape index (κ3) is 3.81. The van der Waals surface area contributed by atoms with Crippen molar-refractivity contribution in [3.8, 4) is 0 Å². The van der Waals surface area contributed by atoms with Gasteiger partial charge in [-0.1, -0.05) is 30.3 Å². The first-order chi connectivity index (χ1) is 13.0. The highest BCUT2D eigenvalue weighted by atomic mass is 16.3. The molecule has 27 heavy (non-hydrogen) atoms. The molecule has 1 aromatic rings. The minimum Gasteiger partial charge on any atom is -0.389 e. The van der Waals surface area contributed by atoms with Crippen molar-refractivity contribution in [1.29, 1.82) is 0 Å². The van der Waals surface area contributed by atoms with Crippen LogP contribution in [0, 0.1) is 5.92 Å². The molecule has 0 saturated carbocycles. The van der Waals surface area contributed by atoms with E-state index in [0.717, 1.165) is 31.5 Å². The van der Waals surface area contributed by atoms with E-state index in [0.29, 0.717) is 45.4 Å². The van der Waals surface area contributed by atoms with Crippen molar-refractivity contribution in [3.63, 3.8) is 0 Å². The Labute approximate surface area is 160 Å². The van der Waals surface area contributed by atoms with Gasteiger partial charge in [0.05, 0.1) is 12.0 Å². The number of fused-ring (bicyclic) bond motifs is 1. The molecule has 0 bridgehead atoms. The predicted molar refractivity (Wildman–Crippen MR) is 102 cm³/mol. The quantitative estimate of drug-likeness (QED) is 0.861. The Balaban J connectivity index is 1.39. The highest BCUT2D eigenvalue weighted by Crippen LogP contribution is 2.36. The van der Waals surface area contributed by atoms with Crippen molar-refractivity contribution < 1.29 is 14.7 Å². The summed E-state index contributed by atoms with van der Waals surface area (Å²) in [6.07, 6.45) is 3.76. The highest BCUT2D eigenvalue weighted by molar-refractivity contribution is 5.79. The van der Waals surface area contributed by atoms with Crippen molar-refractivity contribution in [2.75, 3.05) is 39.3 Å². The molecule has 1 N–H and O–H groups in total. The maximum absolute atomic E-state index is 12.7. The zero-order valence-electron chi connectivity index (χ0n) is 15.8. The van der Waals surface area contributed by atoms with Gasteiger partial charge in [-0.25, -0.2) is 4.79 Å². The summed E-state index contributed by atoms with van der Waals surface area (Å²) in [6.45, 7) is 3.96. The summed E-state index contributed by atoms with van der Waals surface area (Å²) < 4.78 is 0. The number of piperidine rings is 2. The number of nitrogens with zero attached hydrogens (tertiary/aromatic N) is 3. The van der Waals surface area contributed by atoms with E-state index in [9.17, 15) is 14.7 Å². The van der Waals surface area contributed by atoms with E-state index in [1.54, 1.807) is 0 Å². The third-order valence-electron chi connectivity index (χ3n) is 6.47. The number of benzene rings is 1. The first-order valence-electron chi connectivity index (χ1n) is 10.1. The van der Waals surface area contributed by atoms with E-state index < -0.39 is 5.60 Å². The van der Waals surface area contributed by atoms with Crippen molar-refractivity contribution >= 4 is 11.9 Å². The van der Waals surface area contributed by atoms with Crippen molar-refractivity contribution in [3.05, 3.63) is 35.9 Å². The Morgan fingerprint density at radius 1 is 0.926 bits per heavy atom. The van der Waals surface area contributed by atoms with Crippen molar-refractivity contribution in [1.82, 2.24) is 14.7 Å². The number of hydrogen-bond donors (Lipinski definition) is 1. The molecule has 3 saturated heterocycles. The summed E-state index contributed by atoms with van der Waals surface area (Å²) in [6, 6.07) is 9.87. The fraction of sp³-hybridized carbons (Fsp3) is 0.619. The molecule has 1 aromatic carbocycles. The topological polar surface area (TPSA) is 64.1 Å². The second-order valence-electron chi connectivity index (χ2n) is 8.23. The second kappa shape index (κ2) is 7.50. The molecule has 6 heteroatoms. The van der Waals surface area contributed by atoms with Crippen LogP contribution in [0.4, 0.5) is 4.79 Å². The van der Waals surface area contributed by atoms with Gasteiger partial charge in [-0.15, -0.1) is 0 Å². The van der Waals surface area contributed by atoms with Crippen molar-refractivity contribution in [2.24, 2.45) is 5.92 Å². The fourth-order valence-electron chi connectivity index (χ4n) is 4.69. The van der Waals surface area contributed by atoms with Gasteiger partial charge < -0.3 is 19.8 Å². The number of carbonyl (C=O) groups is 2. The zero-order valence-corrected chi connectivity index (χ0v) is 15.8. The molecule has 3 aliphatic rings. The SMILES string of the molecule is O=C(Cc1ccccc1)N1CC[C@]2(O)CCN(C(=O)N3CCCC3)C[C@@H]2C1. The Morgan fingerprint density at radius 2 is 1.56 bits per heavy atom. The molecule has 6 nitrogen and oxygen atoms in total. The van der Waals surface area contributed by atoms with Crippen LogP contribution in [0.3, 0.4) is 0 Å². The lowest BCUT2D eigenvalue weighted by atomic mass is 9.75. The summed E-state index contributed by atoms with van der Waals surface area (Å²) in [5, 5.41) is 11.1. The summed E-state index contributed by atoms with van der Waals surface area (Å²) >= 11 is 0. The van der Waals surface area contributed by atoms with Crippen LogP contribution in [0.2, 0.25) is 0 Å². The van der Waals surface area contributed by atoms with E-state index in [1.165, 1.54) is 0 Å². The van der Waals surface area contributed by atoms with Crippen LogP contribution in [-0.4, -0.2) is 76.6 Å². The van der Waals surface area contributed by atoms with Gasteiger partial charge in [0.25, 0.3) is 0 Å². The molecule has 4 rings (SSSR count). The molecule has 0 aromatic heterocycles. The lowest BCUT2D eigenvalue weighted by molar-refractivity contribution is -0.144. The zero-order chi connectivity index (χ0) is 18.9. The van der Waals surface area contributed by atoms with E-state index in [-0.39, 0.29) is 17.9 Å². The number of urea groups is 1. The van der Waals surface area contributed by atoms with Gasteiger partial charge in [-0.05, 0) is 31.2 Å². The highest BCUT2D eigenvalue weighted by Gasteiger charge is 2.47. The van der Waals surface area contributed by atoms with Gasteiger partial charge in [0.15, 0.2) is 0 Å². The normalized spacial score (nSPS) is 28.2. The van der Waals surface area contributed by atoms with E-state index in [4.69, 9.17) is 0 Å². The Bertz CT molecular complexity index is 689. The molecular weight excluding hydrogens is 342 g/mol. The molecule has 3 amide bonds. The molecule has 3 fully saturated rings. The molecule has 0 unspecified atom stereocenters. The van der Waals surface area contributed by atoms with Crippen LogP contribution >= 0.6 is 0 Å². The van der Waals surface area contributed by atoms with E-state index >= 15 is 0 Å².